The lowest BCUT2D eigenvalue weighted by Gasteiger charge is -2.24. The van der Waals surface area contributed by atoms with Crippen LogP contribution in [0.15, 0.2) is 24.3 Å². The van der Waals surface area contributed by atoms with Gasteiger partial charge in [-0.2, -0.15) is 0 Å². The third kappa shape index (κ3) is 6.01. The highest BCUT2D eigenvalue weighted by atomic mass is 32.5. The van der Waals surface area contributed by atoms with Gasteiger partial charge in [0.05, 0.1) is 6.61 Å². The highest BCUT2D eigenvalue weighted by molar-refractivity contribution is 8.09. The molecule has 0 saturated heterocycles. The average Bonchev–Trinajstić information content (AvgIpc) is 2.38. The van der Waals surface area contributed by atoms with Crippen LogP contribution in [0.5, 0.6) is 5.75 Å². The van der Waals surface area contributed by atoms with Gasteiger partial charge in [0.1, 0.15) is 5.75 Å². The zero-order valence-corrected chi connectivity index (χ0v) is 13.4. The monoisotopic (exact) mass is 317 g/mol. The molecular formula is C13H20NO4PS. The molecule has 20 heavy (non-hydrogen) atoms. The Balaban J connectivity index is 2.64. The number of carboxylic acids is 1. The van der Waals surface area contributed by atoms with Gasteiger partial charge in [0, 0.05) is 13.0 Å². The summed E-state index contributed by atoms with van der Waals surface area (Å²) in [5.74, 6) is -0.133. The van der Waals surface area contributed by atoms with E-state index in [2.05, 4.69) is 5.09 Å². The zero-order valence-electron chi connectivity index (χ0n) is 11.7. The Kier molecular flexibility index (Phi) is 7.16. The van der Waals surface area contributed by atoms with Crippen LogP contribution in [0, 0.1) is 6.92 Å². The second-order valence-electron chi connectivity index (χ2n) is 4.18. The smallest absolute Gasteiger partial charge is 0.312 e. The van der Waals surface area contributed by atoms with E-state index in [0.29, 0.717) is 25.3 Å². The van der Waals surface area contributed by atoms with E-state index >= 15 is 0 Å². The second kappa shape index (κ2) is 8.37. The number of carboxylic acid groups (broad SMARTS) is 1. The minimum absolute atomic E-state index is 0.0961. The lowest BCUT2D eigenvalue weighted by atomic mass is 10.2. The van der Waals surface area contributed by atoms with Crippen LogP contribution in [0.2, 0.25) is 0 Å². The standard InChI is InChI=1S/C13H20NO4PS/c1-3-17-19(20,14-10-6-9-13(15)16)18-12-8-5-4-7-11(12)2/h4-5,7-8H,3,6,9-10H2,1-2H3,(H,14,20)(H,15,16). The molecule has 1 rings (SSSR count). The summed E-state index contributed by atoms with van der Waals surface area (Å²) in [6.07, 6.45) is 0.580. The van der Waals surface area contributed by atoms with Gasteiger partial charge in [0.15, 0.2) is 0 Å². The molecule has 1 aromatic rings. The Morgan fingerprint density at radius 2 is 2.15 bits per heavy atom. The van der Waals surface area contributed by atoms with Crippen LogP contribution in [-0.4, -0.2) is 24.2 Å². The summed E-state index contributed by atoms with van der Waals surface area (Å²) >= 11 is 5.43. The van der Waals surface area contributed by atoms with Crippen LogP contribution in [0.25, 0.3) is 0 Å². The third-order valence-corrected chi connectivity index (χ3v) is 5.06. The SMILES string of the molecule is CCOP(=S)(NCCCC(=O)O)Oc1ccccc1C. The van der Waals surface area contributed by atoms with Crippen molar-refractivity contribution in [3.63, 3.8) is 0 Å². The highest BCUT2D eigenvalue weighted by Gasteiger charge is 2.20. The molecule has 0 heterocycles. The average molecular weight is 317 g/mol. The summed E-state index contributed by atoms with van der Waals surface area (Å²) in [4.78, 5) is 10.5. The Hall–Kier alpha value is -0.940. The van der Waals surface area contributed by atoms with E-state index in [0.717, 1.165) is 5.56 Å². The van der Waals surface area contributed by atoms with E-state index in [4.69, 9.17) is 26.0 Å². The Morgan fingerprint density at radius 3 is 2.75 bits per heavy atom. The molecular weight excluding hydrogens is 297 g/mol. The molecule has 0 aliphatic carbocycles. The molecule has 0 amide bonds. The van der Waals surface area contributed by atoms with Crippen LogP contribution in [-0.2, 0) is 21.1 Å². The van der Waals surface area contributed by atoms with E-state index in [9.17, 15) is 4.79 Å². The molecule has 5 nitrogen and oxygen atoms in total. The topological polar surface area (TPSA) is 67.8 Å². The van der Waals surface area contributed by atoms with Crippen molar-refractivity contribution >= 4 is 24.4 Å². The molecule has 0 fully saturated rings. The van der Waals surface area contributed by atoms with Crippen molar-refractivity contribution < 1.29 is 18.9 Å². The van der Waals surface area contributed by atoms with E-state index in [1.54, 1.807) is 0 Å². The van der Waals surface area contributed by atoms with Gasteiger partial charge in [-0.25, -0.2) is 5.09 Å². The first-order valence-corrected chi connectivity index (χ1v) is 9.07. The summed E-state index contributed by atoms with van der Waals surface area (Å²) in [7, 11) is 0. The fraction of sp³-hybridized carbons (Fsp3) is 0.462. The zero-order chi connectivity index (χ0) is 15.0. The maximum Gasteiger partial charge on any atom is 0.312 e. The molecule has 7 heteroatoms. The number of benzene rings is 1. The maximum atomic E-state index is 10.5. The number of hydrogen-bond donors (Lipinski definition) is 2. The summed E-state index contributed by atoms with van der Waals surface area (Å²) in [6, 6.07) is 7.57. The van der Waals surface area contributed by atoms with Gasteiger partial charge in [0.2, 0.25) is 0 Å². The summed E-state index contributed by atoms with van der Waals surface area (Å²) in [5.41, 5.74) is 0.980. The fourth-order valence-electron chi connectivity index (χ4n) is 1.52. The van der Waals surface area contributed by atoms with E-state index in [-0.39, 0.29) is 6.42 Å². The summed E-state index contributed by atoms with van der Waals surface area (Å²) in [6.45, 7) is 2.04. The van der Waals surface area contributed by atoms with E-state index in [1.807, 2.05) is 38.1 Å². The molecule has 0 radical (unpaired) electrons. The van der Waals surface area contributed by atoms with Crippen LogP contribution in [0.3, 0.4) is 0 Å². The molecule has 0 spiro atoms. The number of nitrogens with one attached hydrogen (secondary N) is 1. The molecule has 0 bridgehead atoms. The Labute approximate surface area is 124 Å². The van der Waals surface area contributed by atoms with Gasteiger partial charge in [-0.3, -0.25) is 4.79 Å². The van der Waals surface area contributed by atoms with Crippen molar-refractivity contribution in [1.82, 2.24) is 5.09 Å². The van der Waals surface area contributed by atoms with Crippen molar-refractivity contribution in [2.24, 2.45) is 0 Å². The maximum absolute atomic E-state index is 10.5. The van der Waals surface area contributed by atoms with Crippen molar-refractivity contribution in [3.05, 3.63) is 29.8 Å². The van der Waals surface area contributed by atoms with Crippen molar-refractivity contribution in [3.8, 4) is 5.75 Å². The fourth-order valence-corrected chi connectivity index (χ4v) is 3.79. The minimum Gasteiger partial charge on any atom is -0.481 e. The van der Waals surface area contributed by atoms with Crippen molar-refractivity contribution in [1.29, 1.82) is 0 Å². The quantitative estimate of drug-likeness (QED) is 0.539. The first-order valence-electron chi connectivity index (χ1n) is 6.43. The van der Waals surface area contributed by atoms with Gasteiger partial charge in [-0.15, -0.1) is 0 Å². The predicted octanol–water partition coefficient (Wildman–Crippen LogP) is 3.09. The molecule has 0 aliphatic rings. The van der Waals surface area contributed by atoms with Crippen LogP contribution in [0.4, 0.5) is 0 Å². The normalized spacial score (nSPS) is 13.7. The van der Waals surface area contributed by atoms with Crippen LogP contribution in [0.1, 0.15) is 25.3 Å². The first kappa shape index (κ1) is 17.1. The Bertz CT molecular complexity index is 495. The number of rotatable bonds is 9. The van der Waals surface area contributed by atoms with Gasteiger partial charge < -0.3 is 14.2 Å². The number of carbonyl (C=O) groups is 1. The molecule has 1 atom stereocenters. The minimum atomic E-state index is -2.64. The van der Waals surface area contributed by atoms with Gasteiger partial charge >= 0.3 is 12.6 Å². The molecule has 0 saturated carbocycles. The van der Waals surface area contributed by atoms with Crippen molar-refractivity contribution in [2.75, 3.05) is 13.2 Å². The lowest BCUT2D eigenvalue weighted by Crippen LogP contribution is -2.18. The van der Waals surface area contributed by atoms with E-state index in [1.165, 1.54) is 0 Å². The van der Waals surface area contributed by atoms with E-state index < -0.39 is 12.6 Å². The highest BCUT2D eigenvalue weighted by Crippen LogP contribution is 2.45. The molecule has 1 unspecified atom stereocenters. The van der Waals surface area contributed by atoms with Crippen LogP contribution < -0.4 is 9.61 Å². The number of hydrogen-bond acceptors (Lipinski definition) is 4. The largest absolute Gasteiger partial charge is 0.481 e. The first-order chi connectivity index (χ1) is 9.47. The number of aliphatic carboxylic acids is 1. The van der Waals surface area contributed by atoms with Gasteiger partial charge in [0.25, 0.3) is 0 Å². The molecule has 0 aromatic heterocycles. The lowest BCUT2D eigenvalue weighted by molar-refractivity contribution is -0.137. The number of para-hydroxylation sites is 1. The molecule has 0 aliphatic heterocycles. The second-order valence-corrected chi connectivity index (χ2v) is 7.37. The van der Waals surface area contributed by atoms with Crippen LogP contribution >= 0.6 is 6.64 Å². The van der Waals surface area contributed by atoms with Gasteiger partial charge in [-0.05, 0) is 43.7 Å². The molecule has 2 N–H and O–H groups in total. The molecule has 1 aromatic carbocycles. The Morgan fingerprint density at radius 1 is 1.45 bits per heavy atom. The third-order valence-electron chi connectivity index (χ3n) is 2.48. The predicted molar refractivity (Wildman–Crippen MR) is 82.6 cm³/mol. The van der Waals surface area contributed by atoms with Gasteiger partial charge in [-0.1, -0.05) is 18.2 Å². The molecule has 112 valence electrons. The summed E-state index contributed by atoms with van der Waals surface area (Å²) < 4.78 is 11.4. The summed E-state index contributed by atoms with van der Waals surface area (Å²) in [5, 5.41) is 11.7. The number of aryl methyl sites for hydroxylation is 1. The van der Waals surface area contributed by atoms with Crippen molar-refractivity contribution in [2.45, 2.75) is 26.7 Å².